The third-order valence-corrected chi connectivity index (χ3v) is 4.23. The summed E-state index contributed by atoms with van der Waals surface area (Å²) in [7, 11) is 0. The van der Waals surface area contributed by atoms with Crippen molar-refractivity contribution in [3.63, 3.8) is 0 Å². The summed E-state index contributed by atoms with van der Waals surface area (Å²) in [6.45, 7) is 4.62. The van der Waals surface area contributed by atoms with Crippen LogP contribution in [0.15, 0.2) is 40.9 Å². The number of benzene rings is 2. The Hall–Kier alpha value is -1.06. The zero-order valence-corrected chi connectivity index (χ0v) is 13.0. The quantitative estimate of drug-likeness (QED) is 0.845. The zero-order chi connectivity index (χ0) is 13.9. The molecule has 2 aromatic rings. The predicted octanol–water partition coefficient (Wildman–Crippen LogP) is 4.57. The summed E-state index contributed by atoms with van der Waals surface area (Å²) >= 11 is 3.48. The Bertz CT molecular complexity index is 564. The van der Waals surface area contributed by atoms with E-state index in [1.807, 2.05) is 19.9 Å². The smallest absolute Gasteiger partial charge is 0.0814 e. The van der Waals surface area contributed by atoms with Crippen LogP contribution in [0.5, 0.6) is 0 Å². The zero-order valence-electron chi connectivity index (χ0n) is 11.4. The van der Waals surface area contributed by atoms with E-state index < -0.39 is 5.60 Å². The molecule has 0 radical (unpaired) electrons. The van der Waals surface area contributed by atoms with Gasteiger partial charge in [-0.15, -0.1) is 0 Å². The monoisotopic (exact) mass is 321 g/mol. The second-order valence-corrected chi connectivity index (χ2v) is 5.91. The molecule has 0 saturated heterocycles. The molecule has 0 fully saturated rings. The van der Waals surface area contributed by atoms with E-state index in [1.54, 1.807) is 0 Å². The molecular formula is C16H20BrNO. The van der Waals surface area contributed by atoms with Gasteiger partial charge in [-0.25, -0.2) is 0 Å². The number of halogens is 1. The van der Waals surface area contributed by atoms with Crippen molar-refractivity contribution >= 4 is 32.4 Å². The first-order chi connectivity index (χ1) is 9.06. The molecule has 0 aliphatic carbocycles. The van der Waals surface area contributed by atoms with Crippen molar-refractivity contribution in [3.8, 4) is 0 Å². The lowest BCUT2D eigenvalue weighted by Gasteiger charge is -2.26. The average molecular weight is 322 g/mol. The normalized spacial score (nSPS) is 11.8. The number of hydrogen-bond donors (Lipinski definition) is 2. The Kier molecular flexibility index (Phi) is 4.48. The highest BCUT2D eigenvalue weighted by Crippen LogP contribution is 2.24. The van der Waals surface area contributed by atoms with Gasteiger partial charge in [0.15, 0.2) is 0 Å². The van der Waals surface area contributed by atoms with Gasteiger partial charge in [0, 0.05) is 16.7 Å². The summed E-state index contributed by atoms with van der Waals surface area (Å²) in [4.78, 5) is 0. The van der Waals surface area contributed by atoms with E-state index in [2.05, 4.69) is 51.6 Å². The van der Waals surface area contributed by atoms with Crippen LogP contribution >= 0.6 is 15.9 Å². The van der Waals surface area contributed by atoms with Crippen molar-refractivity contribution < 1.29 is 5.11 Å². The van der Waals surface area contributed by atoms with Gasteiger partial charge in [0.05, 0.1) is 5.60 Å². The Morgan fingerprint density at radius 2 is 1.68 bits per heavy atom. The number of fused-ring (bicyclic) bond motifs is 1. The summed E-state index contributed by atoms with van der Waals surface area (Å²) in [5, 5.41) is 16.0. The molecule has 2 N–H and O–H groups in total. The second kappa shape index (κ2) is 5.93. The number of nitrogens with one attached hydrogen (secondary N) is 1. The second-order valence-electron chi connectivity index (χ2n) is 4.99. The lowest BCUT2D eigenvalue weighted by molar-refractivity contribution is 0.0457. The standard InChI is InChI=1S/C16H20BrNO/c1-3-16(19,4-2)11-18-15-8-6-12-9-14(17)7-5-13(12)10-15/h5-10,18-19H,3-4,11H2,1-2H3. The summed E-state index contributed by atoms with van der Waals surface area (Å²) < 4.78 is 1.09. The van der Waals surface area contributed by atoms with Crippen LogP contribution in [0.2, 0.25) is 0 Å². The number of aliphatic hydroxyl groups is 1. The Balaban J connectivity index is 2.16. The molecule has 0 saturated carbocycles. The molecular weight excluding hydrogens is 302 g/mol. The average Bonchev–Trinajstić information content (AvgIpc) is 2.44. The number of hydrogen-bond acceptors (Lipinski definition) is 2. The van der Waals surface area contributed by atoms with Crippen LogP contribution in [0, 0.1) is 0 Å². The molecule has 3 heteroatoms. The fourth-order valence-corrected chi connectivity index (χ4v) is 2.47. The molecule has 0 aliphatic rings. The number of anilines is 1. The molecule has 0 bridgehead atoms. The third-order valence-electron chi connectivity index (χ3n) is 3.74. The first kappa shape index (κ1) is 14.4. The fourth-order valence-electron chi connectivity index (χ4n) is 2.09. The van der Waals surface area contributed by atoms with Gasteiger partial charge in [-0.3, -0.25) is 0 Å². The van der Waals surface area contributed by atoms with Crippen LogP contribution in [-0.4, -0.2) is 17.3 Å². The lowest BCUT2D eigenvalue weighted by Crippen LogP contribution is -2.35. The topological polar surface area (TPSA) is 32.3 Å². The third kappa shape index (κ3) is 3.48. The van der Waals surface area contributed by atoms with Gasteiger partial charge < -0.3 is 10.4 Å². The summed E-state index contributed by atoms with van der Waals surface area (Å²) in [5.41, 5.74) is 0.435. The molecule has 102 valence electrons. The Labute approximate surface area is 123 Å². The molecule has 0 amide bonds. The van der Waals surface area contributed by atoms with E-state index in [-0.39, 0.29) is 0 Å². The van der Waals surface area contributed by atoms with Crippen molar-refractivity contribution in [3.05, 3.63) is 40.9 Å². The molecule has 2 aromatic carbocycles. The molecule has 0 aromatic heterocycles. The molecule has 0 atom stereocenters. The maximum Gasteiger partial charge on any atom is 0.0814 e. The van der Waals surface area contributed by atoms with Crippen LogP contribution in [0.1, 0.15) is 26.7 Å². The van der Waals surface area contributed by atoms with Crippen molar-refractivity contribution in [1.82, 2.24) is 0 Å². The van der Waals surface area contributed by atoms with E-state index in [4.69, 9.17) is 0 Å². The van der Waals surface area contributed by atoms with Crippen LogP contribution in [0.3, 0.4) is 0 Å². The minimum absolute atomic E-state index is 0.585. The molecule has 19 heavy (non-hydrogen) atoms. The van der Waals surface area contributed by atoms with Crippen molar-refractivity contribution in [2.45, 2.75) is 32.3 Å². The highest BCUT2D eigenvalue weighted by Gasteiger charge is 2.21. The molecule has 0 unspecified atom stereocenters. The van der Waals surface area contributed by atoms with Crippen LogP contribution in [-0.2, 0) is 0 Å². The summed E-state index contributed by atoms with van der Waals surface area (Å²) in [6, 6.07) is 12.5. The minimum atomic E-state index is -0.616. The van der Waals surface area contributed by atoms with Gasteiger partial charge in [0.25, 0.3) is 0 Å². The van der Waals surface area contributed by atoms with Gasteiger partial charge in [0.1, 0.15) is 0 Å². The molecule has 0 aliphatic heterocycles. The first-order valence-electron chi connectivity index (χ1n) is 6.72. The van der Waals surface area contributed by atoms with Crippen molar-refractivity contribution in [2.24, 2.45) is 0 Å². The van der Waals surface area contributed by atoms with Gasteiger partial charge in [0.2, 0.25) is 0 Å². The van der Waals surface area contributed by atoms with E-state index in [0.717, 1.165) is 23.0 Å². The summed E-state index contributed by atoms with van der Waals surface area (Å²) in [5.74, 6) is 0. The lowest BCUT2D eigenvalue weighted by atomic mass is 9.97. The van der Waals surface area contributed by atoms with Gasteiger partial charge >= 0.3 is 0 Å². The Morgan fingerprint density at radius 1 is 1.05 bits per heavy atom. The highest BCUT2D eigenvalue weighted by atomic mass is 79.9. The minimum Gasteiger partial charge on any atom is -0.388 e. The molecule has 0 spiro atoms. The van der Waals surface area contributed by atoms with Crippen molar-refractivity contribution in [2.75, 3.05) is 11.9 Å². The maximum atomic E-state index is 10.3. The van der Waals surface area contributed by atoms with Gasteiger partial charge in [-0.05, 0) is 47.9 Å². The summed E-state index contributed by atoms with van der Waals surface area (Å²) in [6.07, 6.45) is 1.52. The molecule has 2 rings (SSSR count). The van der Waals surface area contributed by atoms with Crippen molar-refractivity contribution in [1.29, 1.82) is 0 Å². The predicted molar refractivity (Wildman–Crippen MR) is 85.7 cm³/mol. The molecule has 2 nitrogen and oxygen atoms in total. The van der Waals surface area contributed by atoms with E-state index in [0.29, 0.717) is 6.54 Å². The first-order valence-corrected chi connectivity index (χ1v) is 7.51. The van der Waals surface area contributed by atoms with Crippen LogP contribution in [0.4, 0.5) is 5.69 Å². The largest absolute Gasteiger partial charge is 0.388 e. The fraction of sp³-hybridized carbons (Fsp3) is 0.375. The maximum absolute atomic E-state index is 10.3. The van der Waals surface area contributed by atoms with E-state index in [9.17, 15) is 5.11 Å². The van der Waals surface area contributed by atoms with Gasteiger partial charge in [-0.1, -0.05) is 41.9 Å². The number of rotatable bonds is 5. The Morgan fingerprint density at radius 3 is 2.37 bits per heavy atom. The van der Waals surface area contributed by atoms with Crippen LogP contribution < -0.4 is 5.32 Å². The highest BCUT2D eigenvalue weighted by molar-refractivity contribution is 9.10. The van der Waals surface area contributed by atoms with Crippen LogP contribution in [0.25, 0.3) is 10.8 Å². The van der Waals surface area contributed by atoms with E-state index >= 15 is 0 Å². The molecule has 0 heterocycles. The van der Waals surface area contributed by atoms with Gasteiger partial charge in [-0.2, -0.15) is 0 Å². The SMILES string of the molecule is CCC(O)(CC)CNc1ccc2cc(Br)ccc2c1. The van der Waals surface area contributed by atoms with E-state index in [1.165, 1.54) is 10.8 Å².